The van der Waals surface area contributed by atoms with Crippen LogP contribution in [0.1, 0.15) is 32.4 Å². The van der Waals surface area contributed by atoms with Gasteiger partial charge in [0.15, 0.2) is 5.96 Å². The van der Waals surface area contributed by atoms with E-state index in [0.717, 1.165) is 44.9 Å². The fourth-order valence-electron chi connectivity index (χ4n) is 3.13. The van der Waals surface area contributed by atoms with E-state index in [0.29, 0.717) is 6.54 Å². The molecule has 1 unspecified atom stereocenters. The third-order valence-corrected chi connectivity index (χ3v) is 4.49. The maximum atomic E-state index is 5.81. The van der Waals surface area contributed by atoms with Crippen molar-refractivity contribution in [1.29, 1.82) is 0 Å². The lowest BCUT2D eigenvalue weighted by Crippen LogP contribution is -2.40. The summed E-state index contributed by atoms with van der Waals surface area (Å²) in [5, 5.41) is 7.99. The van der Waals surface area contributed by atoms with Gasteiger partial charge in [0.1, 0.15) is 0 Å². The van der Waals surface area contributed by atoms with Crippen LogP contribution in [0, 0.1) is 0 Å². The number of para-hydroxylation sites is 1. The van der Waals surface area contributed by atoms with Gasteiger partial charge in [0, 0.05) is 37.3 Å². The third-order valence-electron chi connectivity index (χ3n) is 4.49. The Morgan fingerprint density at radius 1 is 1.32 bits per heavy atom. The summed E-state index contributed by atoms with van der Waals surface area (Å²) in [7, 11) is 0. The molecule has 1 saturated heterocycles. The molecule has 0 radical (unpaired) electrons. The molecule has 1 aromatic heterocycles. The standard InChI is InChI=1S/C19H28N4O.HI/c1-3-20-18(22-14-19(2)10-6-12-24-19)21-11-9-16-13-15-7-4-5-8-17(15)23-16;/h4-5,7-8,13,23H,3,6,9-12,14H2,1-2H3,(H2,20,21,22);1H. The van der Waals surface area contributed by atoms with E-state index in [1.165, 1.54) is 16.6 Å². The Morgan fingerprint density at radius 2 is 2.16 bits per heavy atom. The zero-order chi connectivity index (χ0) is 16.8. The van der Waals surface area contributed by atoms with Gasteiger partial charge in [-0.15, -0.1) is 24.0 Å². The minimum atomic E-state index is -0.0977. The number of nitrogens with one attached hydrogen (secondary N) is 3. The van der Waals surface area contributed by atoms with Crippen molar-refractivity contribution in [2.75, 3.05) is 26.2 Å². The molecule has 3 N–H and O–H groups in total. The number of aliphatic imine (C=N–C) groups is 1. The summed E-state index contributed by atoms with van der Waals surface area (Å²) >= 11 is 0. The highest BCUT2D eigenvalue weighted by atomic mass is 127. The Bertz CT molecular complexity index is 659. The van der Waals surface area contributed by atoms with Crippen LogP contribution >= 0.6 is 24.0 Å². The molecule has 1 atom stereocenters. The van der Waals surface area contributed by atoms with Crippen molar-refractivity contribution in [3.63, 3.8) is 0 Å². The highest BCUT2D eigenvalue weighted by Crippen LogP contribution is 2.25. The molecule has 2 aromatic rings. The molecule has 2 heterocycles. The molecule has 0 amide bonds. The first-order valence-corrected chi connectivity index (χ1v) is 8.91. The first-order chi connectivity index (χ1) is 11.7. The van der Waals surface area contributed by atoms with Crippen molar-refractivity contribution in [3.8, 4) is 0 Å². The molecule has 1 aliphatic heterocycles. The van der Waals surface area contributed by atoms with Crippen molar-refractivity contribution in [1.82, 2.24) is 15.6 Å². The van der Waals surface area contributed by atoms with E-state index in [-0.39, 0.29) is 29.6 Å². The summed E-state index contributed by atoms with van der Waals surface area (Å²) < 4.78 is 5.81. The zero-order valence-corrected chi connectivity index (χ0v) is 17.4. The highest BCUT2D eigenvalue weighted by Gasteiger charge is 2.29. The Hall–Kier alpha value is -1.28. The van der Waals surface area contributed by atoms with Gasteiger partial charge in [-0.05, 0) is 44.2 Å². The van der Waals surface area contributed by atoms with Crippen LogP contribution in [0.25, 0.3) is 10.9 Å². The third kappa shape index (κ3) is 5.60. The van der Waals surface area contributed by atoms with Crippen LogP contribution in [0.4, 0.5) is 0 Å². The fraction of sp³-hybridized carbons (Fsp3) is 0.526. The van der Waals surface area contributed by atoms with E-state index < -0.39 is 0 Å². The lowest BCUT2D eigenvalue weighted by atomic mass is 10.0. The smallest absolute Gasteiger partial charge is 0.191 e. The van der Waals surface area contributed by atoms with Crippen molar-refractivity contribution in [2.45, 2.75) is 38.7 Å². The number of hydrogen-bond donors (Lipinski definition) is 3. The van der Waals surface area contributed by atoms with Gasteiger partial charge in [0.05, 0.1) is 12.1 Å². The molecule has 1 aliphatic rings. The van der Waals surface area contributed by atoms with E-state index in [1.807, 2.05) is 0 Å². The Morgan fingerprint density at radius 3 is 2.88 bits per heavy atom. The number of halogens is 1. The summed E-state index contributed by atoms with van der Waals surface area (Å²) in [6.07, 6.45) is 3.16. The number of aromatic amines is 1. The lowest BCUT2D eigenvalue weighted by Gasteiger charge is -2.21. The molecule has 0 bridgehead atoms. The average Bonchev–Trinajstić information content (AvgIpc) is 3.19. The van der Waals surface area contributed by atoms with Crippen LogP contribution in [-0.4, -0.2) is 42.8 Å². The van der Waals surface area contributed by atoms with Gasteiger partial charge in [-0.25, -0.2) is 0 Å². The van der Waals surface area contributed by atoms with Gasteiger partial charge in [-0.1, -0.05) is 18.2 Å². The molecule has 1 aromatic carbocycles. The molecule has 1 fully saturated rings. The molecule has 138 valence electrons. The van der Waals surface area contributed by atoms with Gasteiger partial charge >= 0.3 is 0 Å². The molecular formula is C19H29IN4O. The van der Waals surface area contributed by atoms with Gasteiger partial charge in [0.2, 0.25) is 0 Å². The molecule has 3 rings (SSSR count). The molecule has 25 heavy (non-hydrogen) atoms. The van der Waals surface area contributed by atoms with Crippen molar-refractivity contribution < 1.29 is 4.74 Å². The number of fused-ring (bicyclic) bond motifs is 1. The molecule has 0 aliphatic carbocycles. The zero-order valence-electron chi connectivity index (χ0n) is 15.1. The van der Waals surface area contributed by atoms with E-state index in [4.69, 9.17) is 9.73 Å². The van der Waals surface area contributed by atoms with Crippen LogP contribution in [0.15, 0.2) is 35.3 Å². The van der Waals surface area contributed by atoms with E-state index in [9.17, 15) is 0 Å². The first-order valence-electron chi connectivity index (χ1n) is 8.91. The normalized spacial score (nSPS) is 20.5. The second kappa shape index (κ2) is 9.43. The number of H-pyrrole nitrogens is 1. The average molecular weight is 456 g/mol. The van der Waals surface area contributed by atoms with E-state index in [1.54, 1.807) is 0 Å². The number of benzene rings is 1. The number of guanidine groups is 1. The van der Waals surface area contributed by atoms with Gasteiger partial charge in [0.25, 0.3) is 0 Å². The number of hydrogen-bond acceptors (Lipinski definition) is 2. The first kappa shape index (κ1) is 20.0. The van der Waals surface area contributed by atoms with E-state index >= 15 is 0 Å². The van der Waals surface area contributed by atoms with Crippen molar-refractivity contribution in [2.24, 2.45) is 4.99 Å². The highest BCUT2D eigenvalue weighted by molar-refractivity contribution is 14.0. The fourth-order valence-corrected chi connectivity index (χ4v) is 3.13. The van der Waals surface area contributed by atoms with Gasteiger partial charge < -0.3 is 20.4 Å². The van der Waals surface area contributed by atoms with Crippen LogP contribution in [0.2, 0.25) is 0 Å². The second-order valence-corrected chi connectivity index (χ2v) is 6.66. The summed E-state index contributed by atoms with van der Waals surface area (Å²) in [6.45, 7) is 7.50. The number of rotatable bonds is 6. The molecular weight excluding hydrogens is 427 g/mol. The molecule has 6 heteroatoms. The number of aromatic nitrogens is 1. The second-order valence-electron chi connectivity index (χ2n) is 6.66. The quantitative estimate of drug-likeness (QED) is 0.355. The summed E-state index contributed by atoms with van der Waals surface area (Å²) in [4.78, 5) is 8.16. The Labute approximate surface area is 167 Å². The van der Waals surface area contributed by atoms with Gasteiger partial charge in [-0.2, -0.15) is 0 Å². The predicted octanol–water partition coefficient (Wildman–Crippen LogP) is 3.45. The van der Waals surface area contributed by atoms with Gasteiger partial charge in [-0.3, -0.25) is 4.99 Å². The maximum Gasteiger partial charge on any atom is 0.191 e. The van der Waals surface area contributed by atoms with Crippen molar-refractivity contribution in [3.05, 3.63) is 36.0 Å². The Kier molecular flexibility index (Phi) is 7.56. The van der Waals surface area contributed by atoms with Crippen LogP contribution in [0.5, 0.6) is 0 Å². The molecule has 0 saturated carbocycles. The Balaban J connectivity index is 0.00000225. The van der Waals surface area contributed by atoms with Crippen LogP contribution < -0.4 is 10.6 Å². The van der Waals surface area contributed by atoms with Crippen LogP contribution in [-0.2, 0) is 11.2 Å². The SMILES string of the molecule is CCNC(=NCC1(C)CCCO1)NCCc1cc2ccccc2[nH]1.I. The summed E-state index contributed by atoms with van der Waals surface area (Å²) in [6, 6.07) is 10.6. The topological polar surface area (TPSA) is 61.4 Å². The molecule has 5 nitrogen and oxygen atoms in total. The summed E-state index contributed by atoms with van der Waals surface area (Å²) in [5.74, 6) is 0.866. The van der Waals surface area contributed by atoms with Crippen molar-refractivity contribution >= 4 is 40.8 Å². The minimum Gasteiger partial charge on any atom is -0.373 e. The van der Waals surface area contributed by atoms with Crippen LogP contribution in [0.3, 0.4) is 0 Å². The predicted molar refractivity (Wildman–Crippen MR) is 115 cm³/mol. The summed E-state index contributed by atoms with van der Waals surface area (Å²) in [5.41, 5.74) is 2.34. The lowest BCUT2D eigenvalue weighted by molar-refractivity contribution is 0.0283. The minimum absolute atomic E-state index is 0. The monoisotopic (exact) mass is 456 g/mol. The number of nitrogens with zero attached hydrogens (tertiary/aromatic N) is 1. The molecule has 0 spiro atoms. The van der Waals surface area contributed by atoms with E-state index in [2.05, 4.69) is 59.8 Å². The number of ether oxygens (including phenoxy) is 1. The largest absolute Gasteiger partial charge is 0.373 e. The maximum absolute atomic E-state index is 5.81.